The molecule has 0 heterocycles. The van der Waals surface area contributed by atoms with Gasteiger partial charge in [0.15, 0.2) is 5.90 Å². The summed E-state index contributed by atoms with van der Waals surface area (Å²) in [5.74, 6) is 0.361. The zero-order valence-electron chi connectivity index (χ0n) is 8.01. The molecule has 0 bridgehead atoms. The summed E-state index contributed by atoms with van der Waals surface area (Å²) in [5, 5.41) is 8.47. The molecule has 1 saturated carbocycles. The molecule has 0 radical (unpaired) electrons. The molecule has 0 atom stereocenters. The summed E-state index contributed by atoms with van der Waals surface area (Å²) in [6.07, 6.45) is 2.00. The van der Waals surface area contributed by atoms with Crippen LogP contribution in [0.15, 0.2) is 24.3 Å². The molecule has 14 heavy (non-hydrogen) atoms. The minimum Gasteiger partial charge on any atom is -0.484 e. The molecule has 74 valence electrons. The maximum absolute atomic E-state index is 7.74. The van der Waals surface area contributed by atoms with Crippen LogP contribution in [-0.4, -0.2) is 13.0 Å². The fourth-order valence-electron chi connectivity index (χ4n) is 1.74. The van der Waals surface area contributed by atoms with Gasteiger partial charge in [0.25, 0.3) is 0 Å². The molecule has 0 amide bonds. The first-order valence-electron chi connectivity index (χ1n) is 4.58. The van der Waals surface area contributed by atoms with E-state index in [2.05, 4.69) is 0 Å². The van der Waals surface area contributed by atoms with Gasteiger partial charge < -0.3 is 4.74 Å². The van der Waals surface area contributed by atoms with Gasteiger partial charge in [0.2, 0.25) is 0 Å². The number of nitrogens with one attached hydrogen (secondary N) is 1. The predicted molar refractivity (Wildman–Crippen MR) is 57.1 cm³/mol. The monoisotopic (exact) mass is 209 g/mol. The lowest BCUT2D eigenvalue weighted by atomic mass is 9.96. The number of rotatable bonds is 2. The van der Waals surface area contributed by atoms with Crippen LogP contribution in [0.5, 0.6) is 0 Å². The van der Waals surface area contributed by atoms with Gasteiger partial charge in [-0.05, 0) is 30.5 Å². The van der Waals surface area contributed by atoms with E-state index in [9.17, 15) is 0 Å². The van der Waals surface area contributed by atoms with Gasteiger partial charge >= 0.3 is 0 Å². The Kier molecular flexibility index (Phi) is 2.23. The van der Waals surface area contributed by atoms with E-state index >= 15 is 0 Å². The summed E-state index contributed by atoms with van der Waals surface area (Å²) in [5.41, 5.74) is 0.980. The topological polar surface area (TPSA) is 33.1 Å². The molecule has 1 fully saturated rings. The van der Waals surface area contributed by atoms with Gasteiger partial charge in [-0.2, -0.15) is 0 Å². The SMILES string of the molecule is COC(=N)C1(c2ccc(Cl)cc2)CC1. The number of benzene rings is 1. The zero-order valence-corrected chi connectivity index (χ0v) is 8.77. The maximum Gasteiger partial charge on any atom is 0.191 e. The first-order valence-corrected chi connectivity index (χ1v) is 4.96. The Balaban J connectivity index is 2.31. The Hall–Kier alpha value is -1.02. The number of ether oxygens (including phenoxy) is 1. The Morgan fingerprint density at radius 2 is 1.93 bits per heavy atom. The molecule has 0 aliphatic heterocycles. The zero-order chi connectivity index (χ0) is 10.2. The molecule has 1 aliphatic rings. The fourth-order valence-corrected chi connectivity index (χ4v) is 1.86. The van der Waals surface area contributed by atoms with E-state index < -0.39 is 0 Å². The number of hydrogen-bond acceptors (Lipinski definition) is 2. The van der Waals surface area contributed by atoms with Crippen molar-refractivity contribution >= 4 is 17.5 Å². The van der Waals surface area contributed by atoms with E-state index in [-0.39, 0.29) is 5.41 Å². The highest BCUT2D eigenvalue weighted by molar-refractivity contribution is 6.30. The van der Waals surface area contributed by atoms with Crippen molar-refractivity contribution in [2.24, 2.45) is 0 Å². The van der Waals surface area contributed by atoms with Crippen LogP contribution in [0, 0.1) is 5.41 Å². The van der Waals surface area contributed by atoms with Gasteiger partial charge in [-0.3, -0.25) is 5.41 Å². The van der Waals surface area contributed by atoms with Gasteiger partial charge in [-0.1, -0.05) is 23.7 Å². The third-order valence-corrected chi connectivity index (χ3v) is 3.04. The summed E-state index contributed by atoms with van der Waals surface area (Å²) in [6, 6.07) is 7.67. The molecule has 2 rings (SSSR count). The molecular formula is C11H12ClNO. The quantitative estimate of drug-likeness (QED) is 0.590. The van der Waals surface area contributed by atoms with Crippen LogP contribution in [0.3, 0.4) is 0 Å². The summed E-state index contributed by atoms with van der Waals surface area (Å²) in [7, 11) is 1.55. The second-order valence-corrected chi connectivity index (χ2v) is 4.06. The molecule has 0 saturated heterocycles. The maximum atomic E-state index is 7.74. The highest BCUT2D eigenvalue weighted by Gasteiger charge is 2.49. The van der Waals surface area contributed by atoms with Gasteiger partial charge in [-0.15, -0.1) is 0 Å². The van der Waals surface area contributed by atoms with E-state index in [0.717, 1.165) is 23.4 Å². The first kappa shape index (κ1) is 9.53. The van der Waals surface area contributed by atoms with Crippen molar-refractivity contribution in [1.29, 1.82) is 5.41 Å². The molecule has 0 aromatic heterocycles. The number of methoxy groups -OCH3 is 1. The largest absolute Gasteiger partial charge is 0.484 e. The number of halogens is 1. The van der Waals surface area contributed by atoms with E-state index in [4.69, 9.17) is 21.7 Å². The highest BCUT2D eigenvalue weighted by atomic mass is 35.5. The van der Waals surface area contributed by atoms with Crippen molar-refractivity contribution in [3.05, 3.63) is 34.9 Å². The standard InChI is InChI=1S/C11H12ClNO/c1-14-10(13)11(6-7-11)8-2-4-9(12)5-3-8/h2-5,13H,6-7H2,1H3. The average molecular weight is 210 g/mol. The van der Waals surface area contributed by atoms with E-state index in [1.807, 2.05) is 24.3 Å². The smallest absolute Gasteiger partial charge is 0.191 e. The van der Waals surface area contributed by atoms with Crippen LogP contribution >= 0.6 is 11.6 Å². The third kappa shape index (κ3) is 1.40. The summed E-state index contributed by atoms with van der Waals surface area (Å²) in [6.45, 7) is 0. The van der Waals surface area contributed by atoms with Crippen LogP contribution in [0.2, 0.25) is 5.02 Å². The molecule has 0 unspecified atom stereocenters. The first-order chi connectivity index (χ1) is 6.69. The van der Waals surface area contributed by atoms with Crippen molar-refractivity contribution in [2.45, 2.75) is 18.3 Å². The second kappa shape index (κ2) is 3.28. The van der Waals surface area contributed by atoms with E-state index in [1.165, 1.54) is 0 Å². The molecule has 1 aromatic rings. The molecule has 2 nitrogen and oxygen atoms in total. The van der Waals surface area contributed by atoms with E-state index in [1.54, 1.807) is 7.11 Å². The molecule has 1 N–H and O–H groups in total. The van der Waals surface area contributed by atoms with Crippen LogP contribution in [0.1, 0.15) is 18.4 Å². The lowest BCUT2D eigenvalue weighted by Crippen LogP contribution is -2.20. The van der Waals surface area contributed by atoms with Gasteiger partial charge in [0, 0.05) is 5.02 Å². The molecule has 1 aliphatic carbocycles. The van der Waals surface area contributed by atoms with Crippen LogP contribution < -0.4 is 0 Å². The van der Waals surface area contributed by atoms with Gasteiger partial charge in [0.05, 0.1) is 12.5 Å². The Bertz CT molecular complexity index is 354. The lowest BCUT2D eigenvalue weighted by molar-refractivity contribution is 0.374. The molecule has 0 spiro atoms. The van der Waals surface area contributed by atoms with Crippen molar-refractivity contribution in [1.82, 2.24) is 0 Å². The summed E-state index contributed by atoms with van der Waals surface area (Å²) >= 11 is 5.81. The predicted octanol–water partition coefficient (Wildman–Crippen LogP) is 3.00. The number of hydrogen-bond donors (Lipinski definition) is 1. The minimum atomic E-state index is -0.153. The second-order valence-electron chi connectivity index (χ2n) is 3.62. The summed E-state index contributed by atoms with van der Waals surface area (Å²) in [4.78, 5) is 0. The van der Waals surface area contributed by atoms with Crippen molar-refractivity contribution in [2.75, 3.05) is 7.11 Å². The van der Waals surface area contributed by atoms with Crippen LogP contribution in [-0.2, 0) is 10.2 Å². The Morgan fingerprint density at radius 1 is 1.36 bits per heavy atom. The Labute approximate surface area is 88.4 Å². The van der Waals surface area contributed by atoms with Crippen molar-refractivity contribution in [3.8, 4) is 0 Å². The molecule has 1 aromatic carbocycles. The van der Waals surface area contributed by atoms with Crippen LogP contribution in [0.4, 0.5) is 0 Å². The van der Waals surface area contributed by atoms with Gasteiger partial charge in [0.1, 0.15) is 0 Å². The van der Waals surface area contributed by atoms with Crippen molar-refractivity contribution in [3.63, 3.8) is 0 Å². The van der Waals surface area contributed by atoms with Crippen molar-refractivity contribution < 1.29 is 4.74 Å². The fraction of sp³-hybridized carbons (Fsp3) is 0.364. The highest BCUT2D eigenvalue weighted by Crippen LogP contribution is 2.49. The Morgan fingerprint density at radius 3 is 2.36 bits per heavy atom. The third-order valence-electron chi connectivity index (χ3n) is 2.79. The van der Waals surface area contributed by atoms with E-state index in [0.29, 0.717) is 5.90 Å². The normalized spacial score (nSPS) is 17.6. The van der Waals surface area contributed by atoms with Crippen LogP contribution in [0.25, 0.3) is 0 Å². The van der Waals surface area contributed by atoms with Gasteiger partial charge in [-0.25, -0.2) is 0 Å². The minimum absolute atomic E-state index is 0.153. The molecule has 3 heteroatoms. The average Bonchev–Trinajstić information content (AvgIpc) is 2.99. The summed E-state index contributed by atoms with van der Waals surface area (Å²) < 4.78 is 5.01. The lowest BCUT2D eigenvalue weighted by Gasteiger charge is -2.15. The molecular weight excluding hydrogens is 198 g/mol.